The first-order valence-corrected chi connectivity index (χ1v) is 9.27. The molecule has 162 valence electrons. The number of aromatic nitrogens is 2. The fraction of sp³-hybridized carbons (Fsp3) is 0.500. The van der Waals surface area contributed by atoms with Crippen molar-refractivity contribution in [3.05, 3.63) is 35.2 Å². The van der Waals surface area contributed by atoms with E-state index in [0.717, 1.165) is 36.7 Å². The van der Waals surface area contributed by atoms with Gasteiger partial charge in [-0.25, -0.2) is 0 Å². The fourth-order valence-electron chi connectivity index (χ4n) is 3.04. The molecule has 1 heterocycles. The zero-order valence-corrected chi connectivity index (χ0v) is 20.4. The highest BCUT2D eigenvalue weighted by molar-refractivity contribution is 14.0. The smallest absolute Gasteiger partial charge is 0.203 e. The minimum absolute atomic E-state index is 0. The first-order chi connectivity index (χ1) is 13.5. The van der Waals surface area contributed by atoms with Gasteiger partial charge in [0.05, 0.1) is 27.0 Å². The van der Waals surface area contributed by atoms with Gasteiger partial charge in [-0.1, -0.05) is 0 Å². The molecule has 8 nitrogen and oxygen atoms in total. The first kappa shape index (κ1) is 24.9. The zero-order valence-electron chi connectivity index (χ0n) is 18.0. The maximum Gasteiger partial charge on any atom is 0.203 e. The number of nitrogens with one attached hydrogen (secondary N) is 2. The van der Waals surface area contributed by atoms with E-state index in [1.54, 1.807) is 28.4 Å². The highest BCUT2D eigenvalue weighted by Crippen LogP contribution is 2.39. The molecular formula is C20H32IN5O3. The topological polar surface area (TPSA) is 81.9 Å². The lowest BCUT2D eigenvalue weighted by Gasteiger charge is -2.17. The molecule has 2 rings (SSSR count). The van der Waals surface area contributed by atoms with Crippen LogP contribution in [-0.4, -0.2) is 50.7 Å². The predicted molar refractivity (Wildman–Crippen MR) is 126 cm³/mol. The minimum Gasteiger partial charge on any atom is -0.493 e. The number of aryl methyl sites for hydroxylation is 3. The second kappa shape index (κ2) is 12.4. The van der Waals surface area contributed by atoms with Crippen LogP contribution in [0.15, 0.2) is 23.2 Å². The summed E-state index contributed by atoms with van der Waals surface area (Å²) in [7, 11) is 6.57. The van der Waals surface area contributed by atoms with Crippen LogP contribution in [0.25, 0.3) is 0 Å². The van der Waals surface area contributed by atoms with E-state index in [2.05, 4.69) is 33.7 Å². The number of ether oxygens (including phenoxy) is 3. The van der Waals surface area contributed by atoms with Crippen molar-refractivity contribution in [2.45, 2.75) is 33.4 Å². The van der Waals surface area contributed by atoms with E-state index in [4.69, 9.17) is 14.2 Å². The van der Waals surface area contributed by atoms with Crippen LogP contribution in [0.2, 0.25) is 0 Å². The summed E-state index contributed by atoms with van der Waals surface area (Å²) in [5, 5.41) is 11.1. The Balaban J connectivity index is 0.00000420. The zero-order chi connectivity index (χ0) is 20.5. The van der Waals surface area contributed by atoms with E-state index in [1.165, 1.54) is 5.69 Å². The molecule has 0 amide bonds. The maximum absolute atomic E-state index is 5.52. The van der Waals surface area contributed by atoms with Crippen LogP contribution >= 0.6 is 24.0 Å². The highest BCUT2D eigenvalue weighted by atomic mass is 127. The number of halogens is 1. The Kier molecular flexibility index (Phi) is 10.6. The molecule has 0 aliphatic rings. The van der Waals surface area contributed by atoms with Crippen molar-refractivity contribution >= 4 is 29.9 Å². The van der Waals surface area contributed by atoms with E-state index >= 15 is 0 Å². The Morgan fingerprint density at radius 2 is 1.79 bits per heavy atom. The molecule has 0 unspecified atom stereocenters. The quantitative estimate of drug-likeness (QED) is 0.231. The molecule has 0 fully saturated rings. The van der Waals surface area contributed by atoms with Crippen LogP contribution < -0.4 is 24.8 Å². The number of rotatable bonds is 9. The molecule has 0 radical (unpaired) electrons. The molecule has 0 saturated carbocycles. The number of guanidine groups is 1. The lowest BCUT2D eigenvalue weighted by Crippen LogP contribution is -2.37. The fourth-order valence-corrected chi connectivity index (χ4v) is 3.04. The molecule has 0 spiro atoms. The molecule has 1 aromatic carbocycles. The Labute approximate surface area is 190 Å². The van der Waals surface area contributed by atoms with Gasteiger partial charge in [0, 0.05) is 37.9 Å². The van der Waals surface area contributed by atoms with Crippen molar-refractivity contribution in [1.29, 1.82) is 0 Å². The van der Waals surface area contributed by atoms with Crippen molar-refractivity contribution in [2.75, 3.05) is 34.9 Å². The summed E-state index contributed by atoms with van der Waals surface area (Å²) in [6.07, 6.45) is 0.947. The van der Waals surface area contributed by atoms with Crippen LogP contribution in [0.5, 0.6) is 17.2 Å². The van der Waals surface area contributed by atoms with E-state index in [-0.39, 0.29) is 24.0 Å². The minimum atomic E-state index is 0. The maximum atomic E-state index is 5.52. The molecule has 0 atom stereocenters. The van der Waals surface area contributed by atoms with Gasteiger partial charge in [0.15, 0.2) is 17.5 Å². The largest absolute Gasteiger partial charge is 0.493 e. The van der Waals surface area contributed by atoms with E-state index in [1.807, 2.05) is 23.7 Å². The Morgan fingerprint density at radius 3 is 2.34 bits per heavy atom. The van der Waals surface area contributed by atoms with Crippen LogP contribution in [0.4, 0.5) is 0 Å². The number of nitrogens with zero attached hydrogens (tertiary/aromatic N) is 3. The van der Waals surface area contributed by atoms with Crippen molar-refractivity contribution in [3.63, 3.8) is 0 Å². The van der Waals surface area contributed by atoms with Gasteiger partial charge in [-0.3, -0.25) is 9.67 Å². The standard InChI is InChI=1S/C20H31N5O3.HI/c1-14-12-15(2)25(24-14)11-7-10-22-20(21-3)23-13-16-8-9-17(26-4)19(28-6)18(16)27-5;/h8-9,12H,7,10-11,13H2,1-6H3,(H2,21,22,23);1H. The molecular weight excluding hydrogens is 485 g/mol. The van der Waals surface area contributed by atoms with Gasteiger partial charge in [-0.15, -0.1) is 24.0 Å². The van der Waals surface area contributed by atoms with Gasteiger partial charge in [-0.2, -0.15) is 5.10 Å². The molecule has 0 saturated heterocycles. The second-order valence-electron chi connectivity index (χ2n) is 6.35. The van der Waals surface area contributed by atoms with Crippen LogP contribution in [0.3, 0.4) is 0 Å². The molecule has 0 aliphatic heterocycles. The molecule has 2 aromatic rings. The molecule has 2 N–H and O–H groups in total. The van der Waals surface area contributed by atoms with Gasteiger partial charge < -0.3 is 24.8 Å². The highest BCUT2D eigenvalue weighted by Gasteiger charge is 2.15. The van der Waals surface area contributed by atoms with Gasteiger partial charge in [-0.05, 0) is 38.5 Å². The van der Waals surface area contributed by atoms with Gasteiger partial charge in [0.1, 0.15) is 0 Å². The first-order valence-electron chi connectivity index (χ1n) is 9.27. The number of benzene rings is 1. The predicted octanol–water partition coefficient (Wildman–Crippen LogP) is 2.90. The number of hydrogen-bond donors (Lipinski definition) is 2. The molecule has 0 bridgehead atoms. The summed E-state index contributed by atoms with van der Waals surface area (Å²) < 4.78 is 18.3. The third kappa shape index (κ3) is 6.69. The molecule has 29 heavy (non-hydrogen) atoms. The van der Waals surface area contributed by atoms with Crippen molar-refractivity contribution in [3.8, 4) is 17.2 Å². The Hall–Kier alpha value is -2.17. The second-order valence-corrected chi connectivity index (χ2v) is 6.35. The SMILES string of the molecule is CN=C(NCCCn1nc(C)cc1C)NCc1ccc(OC)c(OC)c1OC.I. The Bertz CT molecular complexity index is 808. The summed E-state index contributed by atoms with van der Waals surface area (Å²) in [4.78, 5) is 4.28. The number of hydrogen-bond acceptors (Lipinski definition) is 5. The molecule has 9 heteroatoms. The van der Waals surface area contributed by atoms with Gasteiger partial charge in [0.2, 0.25) is 5.75 Å². The summed E-state index contributed by atoms with van der Waals surface area (Å²) in [5.41, 5.74) is 3.18. The summed E-state index contributed by atoms with van der Waals surface area (Å²) in [6.45, 7) is 6.29. The monoisotopic (exact) mass is 517 g/mol. The lowest BCUT2D eigenvalue weighted by atomic mass is 10.1. The lowest BCUT2D eigenvalue weighted by molar-refractivity contribution is 0.322. The Morgan fingerprint density at radius 1 is 1.07 bits per heavy atom. The van der Waals surface area contributed by atoms with E-state index in [9.17, 15) is 0 Å². The summed E-state index contributed by atoms with van der Waals surface area (Å²) >= 11 is 0. The van der Waals surface area contributed by atoms with Crippen LogP contribution in [0.1, 0.15) is 23.4 Å². The molecule has 0 aliphatic carbocycles. The summed E-state index contributed by atoms with van der Waals surface area (Å²) in [5.74, 6) is 2.59. The van der Waals surface area contributed by atoms with Crippen LogP contribution in [-0.2, 0) is 13.1 Å². The normalized spacial score (nSPS) is 10.9. The third-order valence-electron chi connectivity index (χ3n) is 4.40. The van der Waals surface area contributed by atoms with Crippen molar-refractivity contribution in [2.24, 2.45) is 4.99 Å². The summed E-state index contributed by atoms with van der Waals surface area (Å²) in [6, 6.07) is 5.90. The number of aliphatic imine (C=N–C) groups is 1. The van der Waals surface area contributed by atoms with Gasteiger partial charge >= 0.3 is 0 Å². The van der Waals surface area contributed by atoms with E-state index < -0.39 is 0 Å². The van der Waals surface area contributed by atoms with Crippen molar-refractivity contribution in [1.82, 2.24) is 20.4 Å². The number of methoxy groups -OCH3 is 3. The van der Waals surface area contributed by atoms with Crippen molar-refractivity contribution < 1.29 is 14.2 Å². The van der Waals surface area contributed by atoms with Gasteiger partial charge in [0.25, 0.3) is 0 Å². The third-order valence-corrected chi connectivity index (χ3v) is 4.40. The average Bonchev–Trinajstić information content (AvgIpc) is 3.03. The van der Waals surface area contributed by atoms with E-state index in [0.29, 0.717) is 23.8 Å². The van der Waals surface area contributed by atoms with Crippen LogP contribution in [0, 0.1) is 13.8 Å². The molecule has 1 aromatic heterocycles. The average molecular weight is 517 g/mol.